The Kier molecular flexibility index (Phi) is 9.28. The zero-order chi connectivity index (χ0) is 24.4. The van der Waals surface area contributed by atoms with Gasteiger partial charge in [0.05, 0.1) is 6.04 Å². The smallest absolute Gasteiger partial charge is 0.857 e. The Hall–Kier alpha value is -2.04. The van der Waals surface area contributed by atoms with Crippen molar-refractivity contribution in [3.05, 3.63) is 32.8 Å². The van der Waals surface area contributed by atoms with E-state index >= 15 is 0 Å². The number of hydrogen-bond donors (Lipinski definition) is 2. The van der Waals surface area contributed by atoms with Crippen LogP contribution in [-0.2, 0) is 14.4 Å². The van der Waals surface area contributed by atoms with E-state index in [1.807, 2.05) is 6.92 Å². The standard InChI is InChI=1S/C19H19FN6O5S3.Na/c1-8-6-22-19(33-8)34-11-3-2-10-13(16(28)26(10)14(11)17(29)30)24-15(27)12(25-31-5-4-20)9-7-32-18(21)23-9;/h6-7,10,13H,2-5H2,1H3,(H2,21,23)(H,24,27)(H,29,30);/q;+1/p-1/b25-12+;/t10-,13+;/m1./s1. The first-order valence-electron chi connectivity index (χ1n) is 9.92. The molecule has 0 radical (unpaired) electrons. The van der Waals surface area contributed by atoms with Crippen LogP contribution in [0, 0.1) is 6.92 Å². The molecule has 2 aliphatic rings. The molecule has 3 N–H and O–H groups in total. The van der Waals surface area contributed by atoms with Crippen LogP contribution >= 0.6 is 34.4 Å². The predicted molar refractivity (Wildman–Crippen MR) is 123 cm³/mol. The van der Waals surface area contributed by atoms with Crippen LogP contribution < -0.4 is 40.4 Å². The molecule has 1 fully saturated rings. The Balaban J connectivity index is 0.00000342. The first-order chi connectivity index (χ1) is 16.3. The molecule has 1 saturated heterocycles. The molecule has 0 aliphatic carbocycles. The number of aryl methyl sites for hydroxylation is 1. The van der Waals surface area contributed by atoms with Crippen LogP contribution in [-0.4, -0.2) is 68.8 Å². The number of amides is 1. The van der Waals surface area contributed by atoms with E-state index in [1.165, 1.54) is 33.4 Å². The topological polar surface area (TPSA) is 166 Å². The predicted octanol–water partition coefficient (Wildman–Crippen LogP) is -1.60. The number of aliphatic carboxylic acids is 1. The molecule has 0 spiro atoms. The molecule has 35 heavy (non-hydrogen) atoms. The van der Waals surface area contributed by atoms with Gasteiger partial charge in [0, 0.05) is 27.3 Å². The molecule has 16 heteroatoms. The van der Waals surface area contributed by atoms with Crippen molar-refractivity contribution in [2.24, 2.45) is 10.1 Å². The molecule has 1 amide bonds. The molecule has 2 aromatic heterocycles. The third-order valence-corrected chi connectivity index (χ3v) is 7.72. The number of fused-ring (bicyclic) bond motifs is 1. The minimum absolute atomic E-state index is 0. The number of carboxylic acid groups (broad SMARTS) is 1. The van der Waals surface area contributed by atoms with E-state index in [1.54, 1.807) is 6.20 Å². The van der Waals surface area contributed by atoms with Crippen LogP contribution in [0.25, 0.3) is 0 Å². The van der Waals surface area contributed by atoms with Crippen LogP contribution in [0.1, 0.15) is 23.4 Å². The molecule has 0 unspecified atom stereocenters. The summed E-state index contributed by atoms with van der Waals surface area (Å²) in [7, 11) is 0. The summed E-state index contributed by atoms with van der Waals surface area (Å²) in [6.45, 7) is 0.707. The van der Waals surface area contributed by atoms with Gasteiger partial charge in [0.2, 0.25) is 0 Å². The molecule has 0 aromatic carbocycles. The van der Waals surface area contributed by atoms with Gasteiger partial charge in [-0.3, -0.25) is 14.7 Å². The maximum Gasteiger partial charge on any atom is 1.00 e. The maximum absolute atomic E-state index is 12.9. The number of oxime groups is 1. The average Bonchev–Trinajstić information content (AvgIpc) is 3.42. The third-order valence-electron chi connectivity index (χ3n) is 4.92. The number of rotatable bonds is 9. The number of β-lactam (4-membered cyclic amide) rings is 1. The normalized spacial score (nSPS) is 20.3. The SMILES string of the molecule is Cc1cnc(SC2=C(C(=O)O)N3C(=O)[C@@H](N=C([O-])/C(=N/OCCF)c4csc(N)n4)[C@H]3CC2)s1.[Na+]. The van der Waals surface area contributed by atoms with Crippen molar-refractivity contribution in [3.63, 3.8) is 0 Å². The van der Waals surface area contributed by atoms with Crippen molar-refractivity contribution < 1.29 is 58.6 Å². The number of hydrogen-bond acceptors (Lipinski definition) is 12. The van der Waals surface area contributed by atoms with Crippen molar-refractivity contribution in [1.82, 2.24) is 14.9 Å². The molecule has 2 aromatic rings. The quantitative estimate of drug-likeness (QED) is 0.0937. The molecular weight excluding hydrogens is 530 g/mol. The van der Waals surface area contributed by atoms with Crippen LogP contribution in [0.5, 0.6) is 0 Å². The van der Waals surface area contributed by atoms with E-state index in [0.29, 0.717) is 22.1 Å². The second-order valence-corrected chi connectivity index (χ2v) is 10.6. The van der Waals surface area contributed by atoms with Crippen molar-refractivity contribution in [3.8, 4) is 0 Å². The summed E-state index contributed by atoms with van der Waals surface area (Å²) < 4.78 is 13.1. The summed E-state index contributed by atoms with van der Waals surface area (Å²) in [6, 6.07) is -1.66. The molecule has 0 saturated carbocycles. The van der Waals surface area contributed by atoms with E-state index in [4.69, 9.17) is 10.6 Å². The van der Waals surface area contributed by atoms with E-state index < -0.39 is 36.5 Å². The number of carbonyl (C=O) groups is 2. The number of thiazole rings is 2. The Morgan fingerprint density at radius 2 is 2.29 bits per heavy atom. The number of thioether (sulfide) groups is 1. The van der Waals surface area contributed by atoms with Gasteiger partial charge in [-0.1, -0.05) is 16.9 Å². The number of nitrogens with two attached hydrogens (primary N) is 1. The molecule has 0 bridgehead atoms. The summed E-state index contributed by atoms with van der Waals surface area (Å²) in [5.41, 5.74) is 5.27. The number of halogens is 1. The molecule has 2 atom stereocenters. The Labute approximate surface area is 233 Å². The van der Waals surface area contributed by atoms with Gasteiger partial charge in [-0.15, -0.1) is 22.7 Å². The maximum atomic E-state index is 12.9. The van der Waals surface area contributed by atoms with E-state index in [2.05, 4.69) is 20.1 Å². The zero-order valence-electron chi connectivity index (χ0n) is 18.6. The van der Waals surface area contributed by atoms with Crippen molar-refractivity contribution in [2.45, 2.75) is 36.2 Å². The number of carbonyl (C=O) groups excluding carboxylic acids is 1. The van der Waals surface area contributed by atoms with E-state index in [0.717, 1.165) is 16.2 Å². The van der Waals surface area contributed by atoms with E-state index in [-0.39, 0.29) is 58.4 Å². The zero-order valence-corrected chi connectivity index (χ0v) is 23.1. The van der Waals surface area contributed by atoms with Crippen molar-refractivity contribution in [1.29, 1.82) is 0 Å². The number of nitrogen functional groups attached to an aromatic ring is 1. The van der Waals surface area contributed by atoms with Crippen LogP contribution in [0.3, 0.4) is 0 Å². The fraction of sp³-hybridized carbons (Fsp3) is 0.368. The van der Waals surface area contributed by atoms with Crippen molar-refractivity contribution >= 4 is 63.1 Å². The molecule has 180 valence electrons. The number of alkyl halides is 1. The summed E-state index contributed by atoms with van der Waals surface area (Å²) in [4.78, 5) is 44.5. The minimum atomic E-state index is -1.24. The van der Waals surface area contributed by atoms with Gasteiger partial charge in [0.1, 0.15) is 36.4 Å². The third kappa shape index (κ3) is 5.86. The van der Waals surface area contributed by atoms with Gasteiger partial charge in [-0.25, -0.2) is 19.2 Å². The van der Waals surface area contributed by atoms with Gasteiger partial charge in [-0.05, 0) is 19.8 Å². The first-order valence-corrected chi connectivity index (χ1v) is 12.4. The van der Waals surface area contributed by atoms with Gasteiger partial charge < -0.3 is 20.8 Å². The monoisotopic (exact) mass is 548 g/mol. The fourth-order valence-corrected chi connectivity index (χ4v) is 6.21. The van der Waals surface area contributed by atoms with Gasteiger partial charge in [0.25, 0.3) is 5.91 Å². The Bertz CT molecular complexity index is 1220. The Morgan fingerprint density at radius 1 is 1.51 bits per heavy atom. The molecule has 4 heterocycles. The number of aliphatic imine (C=N–C) groups is 1. The molecule has 11 nitrogen and oxygen atoms in total. The summed E-state index contributed by atoms with van der Waals surface area (Å²) in [5, 5.41) is 27.9. The van der Waals surface area contributed by atoms with Crippen LogP contribution in [0.2, 0.25) is 0 Å². The number of anilines is 1. The summed E-state index contributed by atoms with van der Waals surface area (Å²) in [6.07, 6.45) is 2.51. The largest absolute Gasteiger partial charge is 1.00 e. The van der Waals surface area contributed by atoms with Crippen LogP contribution in [0.15, 0.2) is 36.7 Å². The minimum Gasteiger partial charge on any atom is -0.857 e. The fourth-order valence-electron chi connectivity index (χ4n) is 3.50. The van der Waals surface area contributed by atoms with Gasteiger partial charge in [-0.2, -0.15) is 0 Å². The number of nitrogens with zero attached hydrogens (tertiary/aromatic N) is 5. The second kappa shape index (κ2) is 11.8. The average molecular weight is 549 g/mol. The molecule has 4 rings (SSSR count). The molecule has 2 aliphatic heterocycles. The van der Waals surface area contributed by atoms with Crippen LogP contribution in [0.4, 0.5) is 9.52 Å². The number of aromatic nitrogens is 2. The first kappa shape index (κ1) is 27.5. The van der Waals surface area contributed by atoms with E-state index in [9.17, 15) is 24.2 Å². The van der Waals surface area contributed by atoms with Gasteiger partial charge in [0.15, 0.2) is 9.47 Å². The van der Waals surface area contributed by atoms with Gasteiger partial charge >= 0.3 is 35.5 Å². The Morgan fingerprint density at radius 3 is 2.89 bits per heavy atom. The summed E-state index contributed by atoms with van der Waals surface area (Å²) >= 11 is 3.72. The number of carboxylic acids is 1. The summed E-state index contributed by atoms with van der Waals surface area (Å²) in [5.74, 6) is -2.73. The van der Waals surface area contributed by atoms with Crippen molar-refractivity contribution in [2.75, 3.05) is 19.0 Å². The second-order valence-electron chi connectivity index (χ2n) is 7.14. The number of allylic oxidation sites excluding steroid dienone is 1. The molecular formula is C19H18FN6NaO5S3.